The lowest BCUT2D eigenvalue weighted by Gasteiger charge is -2.28. The highest BCUT2D eigenvalue weighted by Crippen LogP contribution is 2.32. The second kappa shape index (κ2) is 12.9. The third-order valence-electron chi connectivity index (χ3n) is 8.63. The summed E-state index contributed by atoms with van der Waals surface area (Å²) in [5.41, 5.74) is 4.38. The van der Waals surface area contributed by atoms with E-state index in [0.29, 0.717) is 60.5 Å². The van der Waals surface area contributed by atoms with E-state index in [1.165, 1.54) is 11.9 Å². The minimum atomic E-state index is -0.587. The van der Waals surface area contributed by atoms with E-state index in [1.54, 1.807) is 9.80 Å². The molecule has 1 aromatic heterocycles. The van der Waals surface area contributed by atoms with E-state index < -0.39 is 5.60 Å². The fraction of sp³-hybridized carbons (Fsp3) is 0.545. The standard InChI is InChI=1S/C33H43ClN6O4/c1-21-8-9-27(14-28(21)34)40(30(41)24-10-13-38(17-24)32(43)44-33(4,5)6)12-7-11-37-15-25-18-39(19-26(25)16-37)31(42)29-22(2)35-20-36-23(29)3/h8-9,14,18,20,24,26H,7,10-13,15-17,19H2,1-6H3. The van der Waals surface area contributed by atoms with Crippen LogP contribution in [0, 0.1) is 32.6 Å². The maximum atomic E-state index is 13.9. The molecule has 0 saturated carbocycles. The van der Waals surface area contributed by atoms with Crippen LogP contribution in [0.2, 0.25) is 5.02 Å². The number of aromatic nitrogens is 2. The number of hydrogen-bond donors (Lipinski definition) is 0. The maximum Gasteiger partial charge on any atom is 0.410 e. The molecule has 0 bridgehead atoms. The van der Waals surface area contributed by atoms with Crippen molar-refractivity contribution in [2.24, 2.45) is 11.8 Å². The van der Waals surface area contributed by atoms with Crippen LogP contribution in [0.15, 0.2) is 36.3 Å². The Morgan fingerprint density at radius 2 is 1.80 bits per heavy atom. The molecule has 2 fully saturated rings. The number of anilines is 1. The number of carbonyl (C=O) groups is 3. The Morgan fingerprint density at radius 3 is 2.45 bits per heavy atom. The van der Waals surface area contributed by atoms with Crippen LogP contribution in [0.4, 0.5) is 10.5 Å². The molecule has 2 saturated heterocycles. The zero-order valence-electron chi connectivity index (χ0n) is 26.6. The highest BCUT2D eigenvalue weighted by molar-refractivity contribution is 6.31. The van der Waals surface area contributed by atoms with Crippen molar-refractivity contribution in [1.82, 2.24) is 24.7 Å². The number of carbonyl (C=O) groups excluding carboxylic acids is 3. The highest BCUT2D eigenvalue weighted by Gasteiger charge is 2.38. The smallest absolute Gasteiger partial charge is 0.410 e. The second-order valence-corrected chi connectivity index (χ2v) is 13.6. The molecule has 5 rings (SSSR count). The molecule has 0 aliphatic carbocycles. The Hall–Kier alpha value is -3.50. The lowest BCUT2D eigenvalue weighted by molar-refractivity contribution is -0.122. The predicted octanol–water partition coefficient (Wildman–Crippen LogP) is 5.01. The number of aryl methyl sites for hydroxylation is 3. The van der Waals surface area contributed by atoms with Crippen LogP contribution < -0.4 is 4.90 Å². The van der Waals surface area contributed by atoms with Gasteiger partial charge in [-0.15, -0.1) is 0 Å². The number of amides is 3. The largest absolute Gasteiger partial charge is 0.444 e. The SMILES string of the molecule is Cc1ccc(N(CCCN2CC3=CN(C(=O)c4c(C)ncnc4C)CC3C2)C(=O)C2CCN(C(=O)OC(C)(C)C)C2)cc1Cl. The molecular formula is C33H43ClN6O4. The molecule has 2 atom stereocenters. The lowest BCUT2D eigenvalue weighted by atomic mass is 10.1. The number of hydrogen-bond acceptors (Lipinski definition) is 7. The molecule has 1 aromatic carbocycles. The Bertz CT molecular complexity index is 1450. The summed E-state index contributed by atoms with van der Waals surface area (Å²) in [4.78, 5) is 55.8. The monoisotopic (exact) mass is 622 g/mol. The van der Waals surface area contributed by atoms with Crippen LogP contribution in [0.1, 0.15) is 60.9 Å². The lowest BCUT2D eigenvalue weighted by Crippen LogP contribution is -2.40. The summed E-state index contributed by atoms with van der Waals surface area (Å²) < 4.78 is 5.54. The minimum Gasteiger partial charge on any atom is -0.444 e. The van der Waals surface area contributed by atoms with Gasteiger partial charge in [0.25, 0.3) is 5.91 Å². The summed E-state index contributed by atoms with van der Waals surface area (Å²) >= 11 is 6.47. The van der Waals surface area contributed by atoms with Crippen molar-refractivity contribution in [3.63, 3.8) is 0 Å². The quantitative estimate of drug-likeness (QED) is 0.428. The van der Waals surface area contributed by atoms with Gasteiger partial charge in [-0.25, -0.2) is 14.8 Å². The van der Waals surface area contributed by atoms with Gasteiger partial charge in [0.05, 0.1) is 22.9 Å². The number of ether oxygens (including phenoxy) is 1. The first-order valence-electron chi connectivity index (χ1n) is 15.4. The van der Waals surface area contributed by atoms with Crippen molar-refractivity contribution >= 4 is 35.2 Å². The molecule has 3 aliphatic heterocycles. The molecular weight excluding hydrogens is 580 g/mol. The van der Waals surface area contributed by atoms with Crippen molar-refractivity contribution in [3.8, 4) is 0 Å². The van der Waals surface area contributed by atoms with Crippen LogP contribution in [0.5, 0.6) is 0 Å². The molecule has 2 aromatic rings. The molecule has 0 radical (unpaired) electrons. The first-order valence-corrected chi connectivity index (χ1v) is 15.8. The van der Waals surface area contributed by atoms with Gasteiger partial charge in [-0.3, -0.25) is 14.5 Å². The van der Waals surface area contributed by atoms with Crippen LogP contribution in [-0.4, -0.2) is 94.0 Å². The number of nitrogens with zero attached hydrogens (tertiary/aromatic N) is 6. The fourth-order valence-electron chi connectivity index (χ4n) is 6.29. The number of halogens is 1. The predicted molar refractivity (Wildman–Crippen MR) is 170 cm³/mol. The summed E-state index contributed by atoms with van der Waals surface area (Å²) in [6, 6.07) is 5.73. The molecule has 0 spiro atoms. The van der Waals surface area contributed by atoms with E-state index in [0.717, 1.165) is 37.3 Å². The molecule has 10 nitrogen and oxygen atoms in total. The van der Waals surface area contributed by atoms with Gasteiger partial charge in [0.1, 0.15) is 11.9 Å². The highest BCUT2D eigenvalue weighted by atomic mass is 35.5. The van der Waals surface area contributed by atoms with Crippen molar-refractivity contribution in [2.45, 2.75) is 60.0 Å². The van der Waals surface area contributed by atoms with Gasteiger partial charge in [0.15, 0.2) is 0 Å². The number of benzene rings is 1. The Balaban J connectivity index is 1.20. The maximum absolute atomic E-state index is 13.9. The average molecular weight is 623 g/mol. The van der Waals surface area contributed by atoms with E-state index in [-0.39, 0.29) is 23.8 Å². The zero-order valence-corrected chi connectivity index (χ0v) is 27.4. The van der Waals surface area contributed by atoms with E-state index in [9.17, 15) is 14.4 Å². The van der Waals surface area contributed by atoms with Crippen LogP contribution in [0.25, 0.3) is 0 Å². The van der Waals surface area contributed by atoms with Gasteiger partial charge >= 0.3 is 6.09 Å². The number of likely N-dealkylation sites (tertiary alicyclic amines) is 2. The van der Waals surface area contributed by atoms with Crippen molar-refractivity contribution in [1.29, 1.82) is 0 Å². The fourth-order valence-corrected chi connectivity index (χ4v) is 6.47. The molecule has 3 amide bonds. The third-order valence-corrected chi connectivity index (χ3v) is 9.03. The van der Waals surface area contributed by atoms with Gasteiger partial charge in [0.2, 0.25) is 5.91 Å². The van der Waals surface area contributed by atoms with Gasteiger partial charge in [-0.2, -0.15) is 0 Å². The summed E-state index contributed by atoms with van der Waals surface area (Å²) in [5.74, 6) is -0.0430. The van der Waals surface area contributed by atoms with Crippen LogP contribution in [0.3, 0.4) is 0 Å². The number of fused-ring (bicyclic) bond motifs is 1. The van der Waals surface area contributed by atoms with Crippen molar-refractivity contribution < 1.29 is 19.1 Å². The minimum absolute atomic E-state index is 0.00149. The molecule has 2 unspecified atom stereocenters. The van der Waals surface area contributed by atoms with Gasteiger partial charge in [0, 0.05) is 68.6 Å². The van der Waals surface area contributed by atoms with Crippen molar-refractivity contribution in [2.75, 3.05) is 50.7 Å². The first kappa shape index (κ1) is 31.9. The molecule has 44 heavy (non-hydrogen) atoms. The van der Waals surface area contributed by atoms with Crippen molar-refractivity contribution in [3.05, 3.63) is 63.8 Å². The molecule has 3 aliphatic rings. The van der Waals surface area contributed by atoms with E-state index in [1.807, 2.05) is 70.8 Å². The van der Waals surface area contributed by atoms with Gasteiger partial charge in [-0.1, -0.05) is 17.7 Å². The molecule has 236 valence electrons. The van der Waals surface area contributed by atoms with Gasteiger partial charge in [-0.05, 0) is 77.7 Å². The van der Waals surface area contributed by atoms with Crippen LogP contribution >= 0.6 is 11.6 Å². The van der Waals surface area contributed by atoms with E-state index >= 15 is 0 Å². The average Bonchev–Trinajstić information content (AvgIpc) is 3.67. The molecule has 0 N–H and O–H groups in total. The summed E-state index contributed by atoms with van der Waals surface area (Å²) in [7, 11) is 0. The molecule has 4 heterocycles. The zero-order chi connectivity index (χ0) is 31.8. The summed E-state index contributed by atoms with van der Waals surface area (Å²) in [6.07, 6.45) is 4.49. The summed E-state index contributed by atoms with van der Waals surface area (Å²) in [6.45, 7) is 15.7. The van der Waals surface area contributed by atoms with Crippen LogP contribution in [-0.2, 0) is 9.53 Å². The summed E-state index contributed by atoms with van der Waals surface area (Å²) in [5, 5.41) is 0.618. The molecule has 11 heteroatoms. The first-order chi connectivity index (χ1) is 20.8. The second-order valence-electron chi connectivity index (χ2n) is 13.2. The van der Waals surface area contributed by atoms with E-state index in [4.69, 9.17) is 16.3 Å². The Kier molecular flexibility index (Phi) is 9.32. The third kappa shape index (κ3) is 7.07. The Morgan fingerprint density at radius 1 is 1.07 bits per heavy atom. The van der Waals surface area contributed by atoms with Gasteiger partial charge < -0.3 is 19.4 Å². The number of rotatable bonds is 7. The Labute approximate surface area is 265 Å². The van der Waals surface area contributed by atoms with E-state index in [2.05, 4.69) is 14.9 Å². The normalized spacial score (nSPS) is 20.1. The topological polar surface area (TPSA) is 99.2 Å².